The molecule has 10 heavy (non-hydrogen) atoms. The van der Waals surface area contributed by atoms with E-state index < -0.39 is 13.5 Å². The first kappa shape index (κ1) is 10.1. The van der Waals surface area contributed by atoms with Crippen LogP contribution in [-0.2, 0) is 4.57 Å². The number of hydrogen-bond acceptors (Lipinski definition) is 1. The topological polar surface area (TPSA) is 57.5 Å². The molecule has 0 fully saturated rings. The molecule has 1 unspecified atom stereocenters. The molecule has 2 N–H and O–H groups in total. The molecular weight excluding hydrogens is 158 g/mol. The third kappa shape index (κ3) is 3.99. The Balaban J connectivity index is 3.63. The van der Waals surface area contributed by atoms with Crippen molar-refractivity contribution in [2.75, 3.05) is 0 Å². The SMILES string of the molecule is CCCCC(F)P(=O)(O)O. The lowest BCUT2D eigenvalue weighted by Gasteiger charge is -2.07. The number of halogens is 1. The van der Waals surface area contributed by atoms with Gasteiger partial charge < -0.3 is 9.79 Å². The summed E-state index contributed by atoms with van der Waals surface area (Å²) in [5.74, 6) is -1.97. The minimum atomic E-state index is -4.45. The van der Waals surface area contributed by atoms with Gasteiger partial charge in [-0.2, -0.15) is 0 Å². The lowest BCUT2D eigenvalue weighted by atomic mass is 10.3. The van der Waals surface area contributed by atoms with Gasteiger partial charge in [-0.05, 0) is 6.42 Å². The highest BCUT2D eigenvalue weighted by atomic mass is 31.2. The summed E-state index contributed by atoms with van der Waals surface area (Å²) < 4.78 is 22.5. The Bertz CT molecular complexity index is 133. The van der Waals surface area contributed by atoms with Crippen LogP contribution in [0.25, 0.3) is 0 Å². The molecule has 0 aromatic heterocycles. The van der Waals surface area contributed by atoms with Crippen molar-refractivity contribution >= 4 is 7.60 Å². The number of alkyl halides is 1. The van der Waals surface area contributed by atoms with E-state index in [1.165, 1.54) is 0 Å². The molecule has 0 radical (unpaired) electrons. The summed E-state index contributed by atoms with van der Waals surface area (Å²) in [6, 6.07) is 0. The van der Waals surface area contributed by atoms with Gasteiger partial charge in [0.15, 0.2) is 0 Å². The second kappa shape index (κ2) is 4.06. The molecule has 1 atom stereocenters. The Morgan fingerprint density at radius 3 is 2.40 bits per heavy atom. The van der Waals surface area contributed by atoms with E-state index in [4.69, 9.17) is 9.79 Å². The quantitative estimate of drug-likeness (QED) is 0.630. The molecule has 0 aliphatic rings. The maximum atomic E-state index is 12.3. The zero-order valence-electron chi connectivity index (χ0n) is 5.83. The fourth-order valence-electron chi connectivity index (χ4n) is 0.541. The first-order chi connectivity index (χ1) is 4.48. The van der Waals surface area contributed by atoms with Crippen LogP contribution in [0.4, 0.5) is 4.39 Å². The zero-order chi connectivity index (χ0) is 8.20. The Morgan fingerprint density at radius 2 is 2.10 bits per heavy atom. The Kier molecular flexibility index (Phi) is 4.09. The molecule has 0 aromatic carbocycles. The molecule has 0 spiro atoms. The molecule has 3 nitrogen and oxygen atoms in total. The Hall–Kier alpha value is 0.0800. The van der Waals surface area contributed by atoms with Crippen molar-refractivity contribution in [3.05, 3.63) is 0 Å². The Labute approximate surface area is 59.4 Å². The summed E-state index contributed by atoms with van der Waals surface area (Å²) in [5.41, 5.74) is 0. The second-order valence-electron chi connectivity index (χ2n) is 2.17. The summed E-state index contributed by atoms with van der Waals surface area (Å²) in [6.45, 7) is 1.84. The van der Waals surface area contributed by atoms with Crippen LogP contribution in [0.1, 0.15) is 26.2 Å². The highest BCUT2D eigenvalue weighted by Crippen LogP contribution is 2.44. The van der Waals surface area contributed by atoms with E-state index in [2.05, 4.69) is 0 Å². The molecule has 0 saturated carbocycles. The molecule has 0 amide bonds. The minimum Gasteiger partial charge on any atom is -0.322 e. The fraction of sp³-hybridized carbons (Fsp3) is 1.00. The van der Waals surface area contributed by atoms with E-state index in [1.807, 2.05) is 6.92 Å². The van der Waals surface area contributed by atoms with Gasteiger partial charge in [0.25, 0.3) is 0 Å². The molecule has 0 aromatic rings. The molecule has 0 aliphatic carbocycles. The molecule has 0 saturated heterocycles. The zero-order valence-corrected chi connectivity index (χ0v) is 6.72. The van der Waals surface area contributed by atoms with Gasteiger partial charge >= 0.3 is 7.60 Å². The average molecular weight is 170 g/mol. The van der Waals surface area contributed by atoms with Crippen LogP contribution in [0.3, 0.4) is 0 Å². The standard InChI is InChI=1S/C5H12FO3P/c1-2-3-4-5(6)10(7,8)9/h5H,2-4H2,1H3,(H2,7,8,9). The van der Waals surface area contributed by atoms with E-state index >= 15 is 0 Å². The molecule has 0 heterocycles. The third-order valence-electron chi connectivity index (χ3n) is 1.16. The third-order valence-corrected chi connectivity index (χ3v) is 2.15. The molecule has 0 aliphatic heterocycles. The molecule has 62 valence electrons. The van der Waals surface area contributed by atoms with Crippen molar-refractivity contribution in [3.63, 3.8) is 0 Å². The van der Waals surface area contributed by atoms with Crippen LogP contribution < -0.4 is 0 Å². The lowest BCUT2D eigenvalue weighted by molar-refractivity contribution is 0.288. The van der Waals surface area contributed by atoms with Crippen molar-refractivity contribution in [2.45, 2.75) is 32.1 Å². The van der Waals surface area contributed by atoms with Crippen LogP contribution in [0, 0.1) is 0 Å². The summed E-state index contributed by atoms with van der Waals surface area (Å²) >= 11 is 0. The predicted octanol–water partition coefficient (Wildman–Crippen LogP) is 1.65. The first-order valence-corrected chi connectivity index (χ1v) is 4.86. The largest absolute Gasteiger partial charge is 0.359 e. The van der Waals surface area contributed by atoms with E-state index in [9.17, 15) is 8.96 Å². The maximum Gasteiger partial charge on any atom is 0.359 e. The van der Waals surface area contributed by atoms with Crippen LogP contribution in [0.15, 0.2) is 0 Å². The van der Waals surface area contributed by atoms with Crippen LogP contribution in [-0.4, -0.2) is 15.7 Å². The van der Waals surface area contributed by atoms with Crippen molar-refractivity contribution in [1.29, 1.82) is 0 Å². The summed E-state index contributed by atoms with van der Waals surface area (Å²) in [7, 11) is -4.45. The van der Waals surface area contributed by atoms with Gasteiger partial charge in [-0.25, -0.2) is 4.39 Å². The summed E-state index contributed by atoms with van der Waals surface area (Å²) in [4.78, 5) is 16.5. The van der Waals surface area contributed by atoms with E-state index in [-0.39, 0.29) is 6.42 Å². The monoisotopic (exact) mass is 170 g/mol. The van der Waals surface area contributed by atoms with Gasteiger partial charge in [-0.3, -0.25) is 4.57 Å². The predicted molar refractivity (Wildman–Crippen MR) is 36.5 cm³/mol. The van der Waals surface area contributed by atoms with E-state index in [1.54, 1.807) is 0 Å². The van der Waals surface area contributed by atoms with E-state index in [0.29, 0.717) is 6.42 Å². The van der Waals surface area contributed by atoms with Gasteiger partial charge in [-0.1, -0.05) is 19.8 Å². The molecular formula is C5H12FO3P. The Morgan fingerprint density at radius 1 is 1.60 bits per heavy atom. The number of hydrogen-bond donors (Lipinski definition) is 2. The smallest absolute Gasteiger partial charge is 0.322 e. The van der Waals surface area contributed by atoms with Crippen molar-refractivity contribution in [1.82, 2.24) is 0 Å². The minimum absolute atomic E-state index is 0.0409. The first-order valence-electron chi connectivity index (χ1n) is 3.17. The van der Waals surface area contributed by atoms with E-state index in [0.717, 1.165) is 6.42 Å². The molecule has 0 bridgehead atoms. The summed E-state index contributed by atoms with van der Waals surface area (Å²) in [6.07, 6.45) is 1.23. The number of rotatable bonds is 4. The highest BCUT2D eigenvalue weighted by molar-refractivity contribution is 7.52. The second-order valence-corrected chi connectivity index (χ2v) is 3.90. The van der Waals surface area contributed by atoms with Crippen LogP contribution >= 0.6 is 7.60 Å². The normalized spacial score (nSPS) is 15.2. The van der Waals surface area contributed by atoms with Crippen LogP contribution in [0.2, 0.25) is 0 Å². The van der Waals surface area contributed by atoms with Crippen molar-refractivity contribution in [3.8, 4) is 0 Å². The highest BCUT2D eigenvalue weighted by Gasteiger charge is 2.27. The van der Waals surface area contributed by atoms with Crippen LogP contribution in [0.5, 0.6) is 0 Å². The lowest BCUT2D eigenvalue weighted by Crippen LogP contribution is -1.99. The molecule has 5 heteroatoms. The van der Waals surface area contributed by atoms with Crippen molar-refractivity contribution < 1.29 is 18.7 Å². The fourth-order valence-corrected chi connectivity index (χ4v) is 1.06. The average Bonchev–Trinajstić information content (AvgIpc) is 1.80. The van der Waals surface area contributed by atoms with Gasteiger partial charge in [0.2, 0.25) is 5.91 Å². The van der Waals surface area contributed by atoms with Crippen molar-refractivity contribution in [2.24, 2.45) is 0 Å². The van der Waals surface area contributed by atoms with Gasteiger partial charge in [0, 0.05) is 0 Å². The summed E-state index contributed by atoms with van der Waals surface area (Å²) in [5, 5.41) is 0. The molecule has 0 rings (SSSR count). The van der Waals surface area contributed by atoms with Gasteiger partial charge in [0.05, 0.1) is 0 Å². The number of unbranched alkanes of at least 4 members (excludes halogenated alkanes) is 1. The van der Waals surface area contributed by atoms with Gasteiger partial charge in [-0.15, -0.1) is 0 Å². The maximum absolute atomic E-state index is 12.3. The van der Waals surface area contributed by atoms with Gasteiger partial charge in [0.1, 0.15) is 0 Å².